The topological polar surface area (TPSA) is 21.3 Å². The molecular formula is C12H18ClNO. The maximum atomic E-state index is 5.71. The smallest absolute Gasteiger partial charge is 0.134 e. The minimum absolute atomic E-state index is 0. The molecule has 0 amide bonds. The molecule has 15 heavy (non-hydrogen) atoms. The molecule has 2 unspecified atom stereocenters. The summed E-state index contributed by atoms with van der Waals surface area (Å²) in [6.45, 7) is 6.18. The number of aryl methyl sites for hydroxylation is 1. The van der Waals surface area contributed by atoms with Crippen molar-refractivity contribution < 1.29 is 4.74 Å². The van der Waals surface area contributed by atoms with Gasteiger partial charge in [-0.2, -0.15) is 0 Å². The molecule has 2 rings (SSSR count). The van der Waals surface area contributed by atoms with Crippen LogP contribution in [-0.4, -0.2) is 13.2 Å². The molecule has 1 aliphatic rings. The Bertz CT molecular complexity index is 291. The minimum Gasteiger partial charge on any atom is -0.359 e. The molecule has 0 radical (unpaired) electrons. The number of ether oxygens (including phenoxy) is 1. The van der Waals surface area contributed by atoms with Crippen LogP contribution in [0.2, 0.25) is 0 Å². The van der Waals surface area contributed by atoms with Crippen molar-refractivity contribution in [2.75, 3.05) is 13.2 Å². The minimum atomic E-state index is 0. The fraction of sp³-hybridized carbons (Fsp3) is 0.500. The van der Waals surface area contributed by atoms with Crippen LogP contribution >= 0.6 is 12.4 Å². The average molecular weight is 228 g/mol. The van der Waals surface area contributed by atoms with Crippen LogP contribution in [0.25, 0.3) is 0 Å². The lowest BCUT2D eigenvalue weighted by atomic mass is 10.1. The van der Waals surface area contributed by atoms with E-state index >= 15 is 0 Å². The predicted molar refractivity (Wildman–Crippen MR) is 64.3 cm³/mol. The van der Waals surface area contributed by atoms with E-state index in [4.69, 9.17) is 4.74 Å². The standard InChI is InChI=1S/C12H17NO.ClH/c1-9-3-5-11(6-4-9)12-13-7-10(2)8-14-12;/h3-6,10,12-13H,7-8H2,1-2H3;1H. The van der Waals surface area contributed by atoms with E-state index in [2.05, 4.69) is 43.4 Å². The highest BCUT2D eigenvalue weighted by Gasteiger charge is 2.18. The van der Waals surface area contributed by atoms with Gasteiger partial charge in [-0.25, -0.2) is 0 Å². The Kier molecular flexibility index (Phi) is 4.58. The Balaban J connectivity index is 0.00000112. The van der Waals surface area contributed by atoms with E-state index in [9.17, 15) is 0 Å². The second kappa shape index (κ2) is 5.50. The first kappa shape index (κ1) is 12.5. The number of hydrogen-bond acceptors (Lipinski definition) is 2. The maximum absolute atomic E-state index is 5.71. The molecule has 1 fully saturated rings. The van der Waals surface area contributed by atoms with Gasteiger partial charge in [0.05, 0.1) is 6.61 Å². The summed E-state index contributed by atoms with van der Waals surface area (Å²) in [5, 5.41) is 3.38. The van der Waals surface area contributed by atoms with Crippen molar-refractivity contribution in [2.45, 2.75) is 20.1 Å². The first-order valence-electron chi connectivity index (χ1n) is 5.17. The zero-order chi connectivity index (χ0) is 9.97. The van der Waals surface area contributed by atoms with Crippen molar-refractivity contribution >= 4 is 12.4 Å². The summed E-state index contributed by atoms with van der Waals surface area (Å²) in [5.41, 5.74) is 2.51. The van der Waals surface area contributed by atoms with Gasteiger partial charge in [0, 0.05) is 6.54 Å². The zero-order valence-electron chi connectivity index (χ0n) is 9.19. The fourth-order valence-corrected chi connectivity index (χ4v) is 1.64. The van der Waals surface area contributed by atoms with Gasteiger partial charge in [0.25, 0.3) is 0 Å². The summed E-state index contributed by atoms with van der Waals surface area (Å²) < 4.78 is 5.71. The second-order valence-electron chi connectivity index (χ2n) is 4.14. The second-order valence-corrected chi connectivity index (χ2v) is 4.14. The summed E-state index contributed by atoms with van der Waals surface area (Å²) in [6.07, 6.45) is 0.0896. The molecule has 1 saturated heterocycles. The van der Waals surface area contributed by atoms with Crippen molar-refractivity contribution in [3.05, 3.63) is 35.4 Å². The molecule has 84 valence electrons. The highest BCUT2D eigenvalue weighted by atomic mass is 35.5. The van der Waals surface area contributed by atoms with Crippen molar-refractivity contribution in [3.8, 4) is 0 Å². The first-order valence-corrected chi connectivity index (χ1v) is 5.17. The van der Waals surface area contributed by atoms with Gasteiger partial charge in [-0.05, 0) is 18.4 Å². The van der Waals surface area contributed by atoms with E-state index in [1.807, 2.05) is 0 Å². The van der Waals surface area contributed by atoms with Crippen LogP contribution in [0.4, 0.5) is 0 Å². The molecule has 1 heterocycles. The summed E-state index contributed by atoms with van der Waals surface area (Å²) in [7, 11) is 0. The van der Waals surface area contributed by atoms with Gasteiger partial charge in [0.2, 0.25) is 0 Å². The highest BCUT2D eigenvalue weighted by Crippen LogP contribution is 2.19. The third-order valence-electron chi connectivity index (χ3n) is 2.58. The molecule has 2 atom stereocenters. The summed E-state index contributed by atoms with van der Waals surface area (Å²) >= 11 is 0. The van der Waals surface area contributed by atoms with Crippen LogP contribution in [0.15, 0.2) is 24.3 Å². The molecule has 1 aromatic carbocycles. The summed E-state index contributed by atoms with van der Waals surface area (Å²) in [6, 6.07) is 8.50. The SMILES string of the molecule is Cc1ccc(C2NCC(C)CO2)cc1.Cl. The Morgan fingerprint density at radius 2 is 1.93 bits per heavy atom. The van der Waals surface area contributed by atoms with Gasteiger partial charge in [0.15, 0.2) is 0 Å². The quantitative estimate of drug-likeness (QED) is 0.797. The van der Waals surface area contributed by atoms with Crippen LogP contribution in [-0.2, 0) is 4.74 Å². The van der Waals surface area contributed by atoms with E-state index in [1.54, 1.807) is 0 Å². The van der Waals surface area contributed by atoms with E-state index in [0.717, 1.165) is 13.2 Å². The summed E-state index contributed by atoms with van der Waals surface area (Å²) in [5.74, 6) is 0.622. The molecule has 0 bridgehead atoms. The van der Waals surface area contributed by atoms with E-state index in [0.29, 0.717) is 5.92 Å². The van der Waals surface area contributed by atoms with Gasteiger partial charge in [-0.3, -0.25) is 5.32 Å². The molecule has 1 N–H and O–H groups in total. The number of nitrogens with one attached hydrogen (secondary N) is 1. The number of rotatable bonds is 1. The van der Waals surface area contributed by atoms with Gasteiger partial charge < -0.3 is 4.74 Å². The molecule has 1 aliphatic heterocycles. The first-order chi connectivity index (χ1) is 6.75. The molecule has 0 spiro atoms. The molecule has 0 aliphatic carbocycles. The Labute approximate surface area is 97.4 Å². The Hall–Kier alpha value is -0.570. The Morgan fingerprint density at radius 1 is 1.27 bits per heavy atom. The van der Waals surface area contributed by atoms with Crippen LogP contribution in [0.5, 0.6) is 0 Å². The number of halogens is 1. The van der Waals surface area contributed by atoms with Crippen molar-refractivity contribution in [2.24, 2.45) is 5.92 Å². The molecule has 2 nitrogen and oxygen atoms in total. The van der Waals surface area contributed by atoms with Crippen molar-refractivity contribution in [1.29, 1.82) is 0 Å². The van der Waals surface area contributed by atoms with Crippen LogP contribution in [0.1, 0.15) is 24.3 Å². The molecule has 3 heteroatoms. The average Bonchev–Trinajstić information content (AvgIpc) is 2.21. The third kappa shape index (κ3) is 3.20. The van der Waals surface area contributed by atoms with Crippen LogP contribution < -0.4 is 5.32 Å². The van der Waals surface area contributed by atoms with E-state index < -0.39 is 0 Å². The lowest BCUT2D eigenvalue weighted by Gasteiger charge is -2.28. The number of hydrogen-bond donors (Lipinski definition) is 1. The third-order valence-corrected chi connectivity index (χ3v) is 2.58. The van der Waals surface area contributed by atoms with E-state index in [1.165, 1.54) is 11.1 Å². The van der Waals surface area contributed by atoms with Crippen molar-refractivity contribution in [1.82, 2.24) is 5.32 Å². The van der Waals surface area contributed by atoms with E-state index in [-0.39, 0.29) is 18.6 Å². The van der Waals surface area contributed by atoms with Crippen molar-refractivity contribution in [3.63, 3.8) is 0 Å². The zero-order valence-corrected chi connectivity index (χ0v) is 10.0. The monoisotopic (exact) mass is 227 g/mol. The highest BCUT2D eigenvalue weighted by molar-refractivity contribution is 5.85. The molecule has 0 saturated carbocycles. The normalized spacial score (nSPS) is 25.7. The van der Waals surface area contributed by atoms with Gasteiger partial charge in [-0.1, -0.05) is 36.8 Å². The van der Waals surface area contributed by atoms with Crippen LogP contribution in [0.3, 0.4) is 0 Å². The lowest BCUT2D eigenvalue weighted by molar-refractivity contribution is -0.0254. The van der Waals surface area contributed by atoms with Gasteiger partial charge in [0.1, 0.15) is 6.23 Å². The van der Waals surface area contributed by atoms with Gasteiger partial charge in [-0.15, -0.1) is 12.4 Å². The fourth-order valence-electron chi connectivity index (χ4n) is 1.64. The predicted octanol–water partition coefficient (Wildman–Crippen LogP) is 2.67. The molecule has 0 aromatic heterocycles. The van der Waals surface area contributed by atoms with Gasteiger partial charge >= 0.3 is 0 Å². The maximum Gasteiger partial charge on any atom is 0.134 e. The molecular weight excluding hydrogens is 210 g/mol. The number of benzene rings is 1. The largest absolute Gasteiger partial charge is 0.359 e. The summed E-state index contributed by atoms with van der Waals surface area (Å²) in [4.78, 5) is 0. The molecule has 1 aromatic rings. The van der Waals surface area contributed by atoms with Crippen LogP contribution in [0, 0.1) is 12.8 Å². The lowest BCUT2D eigenvalue weighted by Crippen LogP contribution is -2.36. The Morgan fingerprint density at radius 3 is 2.47 bits per heavy atom.